The lowest BCUT2D eigenvalue weighted by Crippen LogP contribution is -2.41. The van der Waals surface area contributed by atoms with Crippen molar-refractivity contribution in [2.75, 3.05) is 25.0 Å². The summed E-state index contributed by atoms with van der Waals surface area (Å²) in [5, 5.41) is 12.7. The Hall–Kier alpha value is -1.55. The van der Waals surface area contributed by atoms with Crippen molar-refractivity contribution in [3.05, 3.63) is 29.3 Å². The molecule has 2 N–H and O–H groups in total. The lowest BCUT2D eigenvalue weighted by molar-refractivity contribution is 0.0639. The number of benzene rings is 1. The Morgan fingerprint density at radius 1 is 1.29 bits per heavy atom. The third-order valence-corrected chi connectivity index (χ3v) is 4.67. The number of nitrogens with one attached hydrogen (secondary N) is 1. The molecule has 0 aromatic heterocycles. The van der Waals surface area contributed by atoms with Crippen LogP contribution in [0, 0.1) is 0 Å². The maximum atomic E-state index is 13.0. The van der Waals surface area contributed by atoms with E-state index < -0.39 is 0 Å². The smallest absolute Gasteiger partial charge is 0.256 e. The van der Waals surface area contributed by atoms with E-state index in [1.807, 2.05) is 17.0 Å². The fraction of sp³-hybridized carbons (Fsp3) is 0.588. The summed E-state index contributed by atoms with van der Waals surface area (Å²) in [5.41, 5.74) is 3.02. The van der Waals surface area contributed by atoms with Crippen molar-refractivity contribution in [2.24, 2.45) is 0 Å². The van der Waals surface area contributed by atoms with Crippen LogP contribution in [0.25, 0.3) is 0 Å². The summed E-state index contributed by atoms with van der Waals surface area (Å²) >= 11 is 0. The van der Waals surface area contributed by atoms with Gasteiger partial charge >= 0.3 is 0 Å². The SMILES string of the molecule is O=C(c1cccc2c1NCCC2)N(CCO)C1CCCC1. The molecular formula is C17H24N2O2. The topological polar surface area (TPSA) is 52.6 Å². The number of para-hydroxylation sites is 1. The van der Waals surface area contributed by atoms with Gasteiger partial charge in [0.05, 0.1) is 17.9 Å². The van der Waals surface area contributed by atoms with Gasteiger partial charge in [0.2, 0.25) is 0 Å². The Labute approximate surface area is 126 Å². The number of aryl methyl sites for hydroxylation is 1. The lowest BCUT2D eigenvalue weighted by atomic mass is 9.98. The first kappa shape index (κ1) is 14.4. The zero-order valence-corrected chi connectivity index (χ0v) is 12.5. The summed E-state index contributed by atoms with van der Waals surface area (Å²) < 4.78 is 0. The van der Waals surface area contributed by atoms with E-state index in [0.29, 0.717) is 12.6 Å². The van der Waals surface area contributed by atoms with Gasteiger partial charge < -0.3 is 15.3 Å². The minimum absolute atomic E-state index is 0.0324. The minimum atomic E-state index is 0.0324. The van der Waals surface area contributed by atoms with Gasteiger partial charge in [0, 0.05) is 19.1 Å². The average Bonchev–Trinajstić information content (AvgIpc) is 3.05. The highest BCUT2D eigenvalue weighted by molar-refractivity contribution is 6.00. The summed E-state index contributed by atoms with van der Waals surface area (Å²) in [6.07, 6.45) is 6.65. The molecule has 1 amide bonds. The first-order chi connectivity index (χ1) is 10.3. The fourth-order valence-electron chi connectivity index (χ4n) is 3.62. The predicted octanol–water partition coefficient (Wildman–Crippen LogP) is 2.42. The van der Waals surface area contributed by atoms with Crippen LogP contribution >= 0.6 is 0 Å². The zero-order valence-electron chi connectivity index (χ0n) is 12.5. The van der Waals surface area contributed by atoms with Crippen molar-refractivity contribution < 1.29 is 9.90 Å². The summed E-state index contributed by atoms with van der Waals surface area (Å²) in [6.45, 7) is 1.40. The molecule has 0 spiro atoms. The van der Waals surface area contributed by atoms with Gasteiger partial charge in [-0.3, -0.25) is 4.79 Å². The van der Waals surface area contributed by atoms with Crippen LogP contribution in [0.5, 0.6) is 0 Å². The fourth-order valence-corrected chi connectivity index (χ4v) is 3.62. The monoisotopic (exact) mass is 288 g/mol. The van der Waals surface area contributed by atoms with Gasteiger partial charge in [-0.2, -0.15) is 0 Å². The number of nitrogens with zero attached hydrogens (tertiary/aromatic N) is 1. The van der Waals surface area contributed by atoms with Gasteiger partial charge in [0.15, 0.2) is 0 Å². The number of fused-ring (bicyclic) bond motifs is 1. The zero-order chi connectivity index (χ0) is 14.7. The Morgan fingerprint density at radius 3 is 2.86 bits per heavy atom. The van der Waals surface area contributed by atoms with Crippen LogP contribution in [0.15, 0.2) is 18.2 Å². The lowest BCUT2D eigenvalue weighted by Gasteiger charge is -2.30. The molecule has 1 aromatic rings. The van der Waals surface area contributed by atoms with Gasteiger partial charge in [-0.05, 0) is 37.3 Å². The van der Waals surface area contributed by atoms with E-state index in [-0.39, 0.29) is 12.5 Å². The largest absolute Gasteiger partial charge is 0.395 e. The number of hydrogen-bond acceptors (Lipinski definition) is 3. The molecule has 1 aromatic carbocycles. The molecular weight excluding hydrogens is 264 g/mol. The average molecular weight is 288 g/mol. The van der Waals surface area contributed by atoms with Crippen LogP contribution in [0.4, 0.5) is 5.69 Å². The Balaban J connectivity index is 1.88. The van der Waals surface area contributed by atoms with Crippen molar-refractivity contribution in [1.29, 1.82) is 0 Å². The van der Waals surface area contributed by atoms with E-state index in [0.717, 1.165) is 43.5 Å². The first-order valence-electron chi connectivity index (χ1n) is 8.09. The summed E-state index contributed by atoms with van der Waals surface area (Å²) in [5.74, 6) is 0.0715. The molecule has 2 aliphatic rings. The number of aliphatic hydroxyl groups is 1. The summed E-state index contributed by atoms with van der Waals surface area (Å²) in [7, 11) is 0. The quantitative estimate of drug-likeness (QED) is 0.894. The molecule has 1 heterocycles. The first-order valence-corrected chi connectivity index (χ1v) is 8.09. The third-order valence-electron chi connectivity index (χ3n) is 4.67. The van der Waals surface area contributed by atoms with Crippen LogP contribution < -0.4 is 5.32 Å². The normalized spacial score (nSPS) is 18.1. The van der Waals surface area contributed by atoms with E-state index in [4.69, 9.17) is 0 Å². The van der Waals surface area contributed by atoms with Gasteiger partial charge in [0.25, 0.3) is 5.91 Å². The molecule has 4 heteroatoms. The summed E-state index contributed by atoms with van der Waals surface area (Å²) in [6, 6.07) is 6.29. The molecule has 0 radical (unpaired) electrons. The maximum Gasteiger partial charge on any atom is 0.256 e. The molecule has 4 nitrogen and oxygen atoms in total. The molecule has 0 bridgehead atoms. The number of anilines is 1. The van der Waals surface area contributed by atoms with Gasteiger partial charge in [-0.1, -0.05) is 25.0 Å². The van der Waals surface area contributed by atoms with E-state index in [1.165, 1.54) is 18.4 Å². The number of carbonyl (C=O) groups is 1. The number of carbonyl (C=O) groups excluding carboxylic acids is 1. The number of rotatable bonds is 4. The Kier molecular flexibility index (Phi) is 4.44. The molecule has 1 aliphatic heterocycles. The Morgan fingerprint density at radius 2 is 2.10 bits per heavy atom. The second kappa shape index (κ2) is 6.48. The van der Waals surface area contributed by atoms with Gasteiger partial charge in [-0.25, -0.2) is 0 Å². The van der Waals surface area contributed by atoms with Crippen LogP contribution in [-0.2, 0) is 6.42 Å². The van der Waals surface area contributed by atoms with E-state index >= 15 is 0 Å². The molecule has 0 atom stereocenters. The van der Waals surface area contributed by atoms with Crippen LogP contribution in [-0.4, -0.2) is 41.7 Å². The summed E-state index contributed by atoms with van der Waals surface area (Å²) in [4.78, 5) is 14.9. The Bertz CT molecular complexity index is 510. The number of amides is 1. The molecule has 114 valence electrons. The second-order valence-electron chi connectivity index (χ2n) is 6.03. The maximum absolute atomic E-state index is 13.0. The number of hydrogen-bond donors (Lipinski definition) is 2. The van der Waals surface area contributed by atoms with Crippen molar-refractivity contribution >= 4 is 11.6 Å². The molecule has 1 aliphatic carbocycles. The molecule has 0 unspecified atom stereocenters. The number of aliphatic hydroxyl groups excluding tert-OH is 1. The molecule has 21 heavy (non-hydrogen) atoms. The molecule has 3 rings (SSSR count). The van der Waals surface area contributed by atoms with E-state index in [9.17, 15) is 9.90 Å². The highest BCUT2D eigenvalue weighted by Gasteiger charge is 2.29. The second-order valence-corrected chi connectivity index (χ2v) is 6.03. The van der Waals surface area contributed by atoms with Crippen LogP contribution in [0.3, 0.4) is 0 Å². The van der Waals surface area contributed by atoms with E-state index in [1.54, 1.807) is 0 Å². The predicted molar refractivity (Wildman–Crippen MR) is 83.6 cm³/mol. The molecule has 1 fully saturated rings. The minimum Gasteiger partial charge on any atom is -0.395 e. The van der Waals surface area contributed by atoms with Crippen molar-refractivity contribution in [1.82, 2.24) is 4.90 Å². The molecule has 0 saturated heterocycles. The van der Waals surface area contributed by atoms with Crippen molar-refractivity contribution in [3.8, 4) is 0 Å². The van der Waals surface area contributed by atoms with Crippen molar-refractivity contribution in [3.63, 3.8) is 0 Å². The highest BCUT2D eigenvalue weighted by atomic mass is 16.3. The van der Waals surface area contributed by atoms with Crippen molar-refractivity contribution in [2.45, 2.75) is 44.6 Å². The third kappa shape index (κ3) is 2.91. The standard InChI is InChI=1S/C17H24N2O2/c20-12-11-19(14-7-1-2-8-14)17(21)15-9-3-5-13-6-4-10-18-16(13)15/h3,5,9,14,18,20H,1-2,4,6-8,10-12H2. The van der Waals surface area contributed by atoms with Gasteiger partial charge in [-0.15, -0.1) is 0 Å². The van der Waals surface area contributed by atoms with Crippen LogP contribution in [0.1, 0.15) is 48.0 Å². The van der Waals surface area contributed by atoms with E-state index in [2.05, 4.69) is 11.4 Å². The highest BCUT2D eigenvalue weighted by Crippen LogP contribution is 2.30. The van der Waals surface area contributed by atoms with Gasteiger partial charge in [0.1, 0.15) is 0 Å². The molecule has 1 saturated carbocycles. The van der Waals surface area contributed by atoms with Crippen LogP contribution in [0.2, 0.25) is 0 Å².